The maximum absolute atomic E-state index is 8.42. The quantitative estimate of drug-likeness (QED) is 0.813. The average molecular weight is 230 g/mol. The monoisotopic (exact) mass is 230 g/mol. The van der Waals surface area contributed by atoms with Crippen LogP contribution in [0, 0.1) is 11.3 Å². The van der Waals surface area contributed by atoms with E-state index < -0.39 is 0 Å². The fourth-order valence-electron chi connectivity index (χ4n) is 1.33. The minimum Gasteiger partial charge on any atom is -0.497 e. The molecule has 3 nitrogen and oxygen atoms in total. The van der Waals surface area contributed by atoms with E-state index in [0.29, 0.717) is 6.42 Å². The molecular weight excluding hydrogens is 220 g/mol. The van der Waals surface area contributed by atoms with Crippen LogP contribution < -0.4 is 4.74 Å². The fourth-order valence-corrected chi connectivity index (χ4v) is 2.26. The van der Waals surface area contributed by atoms with Crippen LogP contribution in [0.4, 0.5) is 0 Å². The molecule has 0 bridgehead atoms. The molecule has 0 aliphatic carbocycles. The summed E-state index contributed by atoms with van der Waals surface area (Å²) in [4.78, 5) is 4.43. The van der Waals surface area contributed by atoms with Crippen molar-refractivity contribution in [2.45, 2.75) is 6.42 Å². The molecule has 0 atom stereocenters. The van der Waals surface area contributed by atoms with Gasteiger partial charge in [-0.2, -0.15) is 5.26 Å². The summed E-state index contributed by atoms with van der Waals surface area (Å²) in [6.07, 6.45) is 4.11. The number of benzene rings is 1. The van der Waals surface area contributed by atoms with E-state index in [9.17, 15) is 0 Å². The number of hydrogen-bond donors (Lipinski definition) is 0. The van der Waals surface area contributed by atoms with Gasteiger partial charge >= 0.3 is 0 Å². The lowest BCUT2D eigenvalue weighted by Crippen LogP contribution is -1.80. The first kappa shape index (κ1) is 10.7. The second-order valence-electron chi connectivity index (χ2n) is 3.15. The number of thiazole rings is 1. The third-order valence-corrected chi connectivity index (χ3v) is 3.07. The molecule has 16 heavy (non-hydrogen) atoms. The van der Waals surface area contributed by atoms with Crippen molar-refractivity contribution in [3.05, 3.63) is 29.3 Å². The summed E-state index contributed by atoms with van der Waals surface area (Å²) in [7, 11) is 1.65. The summed E-state index contributed by atoms with van der Waals surface area (Å²) in [5.74, 6) is 0.837. The Bertz CT molecular complexity index is 566. The van der Waals surface area contributed by atoms with Gasteiger partial charge in [0.05, 0.1) is 29.8 Å². The Hall–Kier alpha value is -1.86. The van der Waals surface area contributed by atoms with Crippen LogP contribution in [0.25, 0.3) is 16.3 Å². The first-order valence-electron chi connectivity index (χ1n) is 4.81. The van der Waals surface area contributed by atoms with E-state index >= 15 is 0 Å². The summed E-state index contributed by atoms with van der Waals surface area (Å²) in [5.41, 5.74) is 0.961. The van der Waals surface area contributed by atoms with Crippen LogP contribution in [0.3, 0.4) is 0 Å². The van der Waals surface area contributed by atoms with Crippen LogP contribution >= 0.6 is 11.3 Å². The number of aromatic nitrogens is 1. The molecule has 0 saturated carbocycles. The first-order valence-corrected chi connectivity index (χ1v) is 5.63. The normalized spacial score (nSPS) is 10.8. The number of fused-ring (bicyclic) bond motifs is 1. The van der Waals surface area contributed by atoms with Gasteiger partial charge < -0.3 is 4.74 Å². The average Bonchev–Trinajstić information content (AvgIpc) is 2.70. The van der Waals surface area contributed by atoms with Crippen molar-refractivity contribution in [1.82, 2.24) is 4.98 Å². The zero-order valence-electron chi connectivity index (χ0n) is 8.80. The summed E-state index contributed by atoms with van der Waals surface area (Å²) < 4.78 is 6.24. The molecule has 0 unspecified atom stereocenters. The van der Waals surface area contributed by atoms with Gasteiger partial charge in [-0.1, -0.05) is 6.08 Å². The highest BCUT2D eigenvalue weighted by Crippen LogP contribution is 2.26. The maximum atomic E-state index is 8.42. The molecule has 0 aliphatic heterocycles. The van der Waals surface area contributed by atoms with Gasteiger partial charge in [0.1, 0.15) is 10.8 Å². The van der Waals surface area contributed by atoms with Gasteiger partial charge in [0.25, 0.3) is 0 Å². The third-order valence-electron chi connectivity index (χ3n) is 2.08. The Morgan fingerprint density at radius 2 is 2.44 bits per heavy atom. The Kier molecular flexibility index (Phi) is 3.18. The van der Waals surface area contributed by atoms with E-state index in [4.69, 9.17) is 10.00 Å². The number of ether oxygens (including phenoxy) is 1. The van der Waals surface area contributed by atoms with Crippen molar-refractivity contribution in [3.8, 4) is 11.8 Å². The predicted molar refractivity (Wildman–Crippen MR) is 65.4 cm³/mol. The summed E-state index contributed by atoms with van der Waals surface area (Å²) in [6.45, 7) is 0. The number of nitriles is 1. The number of methoxy groups -OCH3 is 1. The number of allylic oxidation sites excluding steroid dienone is 1. The third kappa shape index (κ3) is 2.20. The molecule has 0 aliphatic rings. The van der Waals surface area contributed by atoms with Crippen LogP contribution in [-0.2, 0) is 0 Å². The van der Waals surface area contributed by atoms with Crippen molar-refractivity contribution in [3.63, 3.8) is 0 Å². The Balaban J connectivity index is 2.33. The number of nitrogens with zero attached hydrogens (tertiary/aromatic N) is 2. The van der Waals surface area contributed by atoms with Gasteiger partial charge in [-0.25, -0.2) is 4.98 Å². The van der Waals surface area contributed by atoms with Gasteiger partial charge in [-0.3, -0.25) is 0 Å². The Labute approximate surface area is 97.6 Å². The molecule has 1 heterocycles. The van der Waals surface area contributed by atoms with Gasteiger partial charge in [0.15, 0.2) is 0 Å². The molecule has 0 amide bonds. The zero-order valence-corrected chi connectivity index (χ0v) is 9.62. The molecule has 2 rings (SSSR count). The highest BCUT2D eigenvalue weighted by molar-refractivity contribution is 7.19. The lowest BCUT2D eigenvalue weighted by molar-refractivity contribution is 0.415. The molecular formula is C12H10N2OS. The SMILES string of the molecule is COc1ccc2nc(C=CCC#N)sc2c1. The van der Waals surface area contributed by atoms with E-state index in [2.05, 4.69) is 11.1 Å². The van der Waals surface area contributed by atoms with Crippen molar-refractivity contribution in [2.24, 2.45) is 0 Å². The number of rotatable bonds is 3. The van der Waals surface area contributed by atoms with E-state index in [0.717, 1.165) is 21.0 Å². The number of hydrogen-bond acceptors (Lipinski definition) is 4. The van der Waals surface area contributed by atoms with Crippen LogP contribution in [0.5, 0.6) is 5.75 Å². The van der Waals surface area contributed by atoms with Gasteiger partial charge in [-0.05, 0) is 24.3 Å². The maximum Gasteiger partial charge on any atom is 0.120 e. The molecule has 1 aromatic carbocycles. The van der Waals surface area contributed by atoms with E-state index in [1.54, 1.807) is 18.4 Å². The molecule has 0 fully saturated rings. The Morgan fingerprint density at radius 1 is 1.56 bits per heavy atom. The van der Waals surface area contributed by atoms with E-state index in [1.807, 2.05) is 30.4 Å². The van der Waals surface area contributed by atoms with E-state index in [-0.39, 0.29) is 0 Å². The fraction of sp³-hybridized carbons (Fsp3) is 0.167. The second kappa shape index (κ2) is 4.77. The molecule has 0 radical (unpaired) electrons. The molecule has 0 N–H and O–H groups in total. The Morgan fingerprint density at radius 3 is 3.19 bits per heavy atom. The van der Waals surface area contributed by atoms with E-state index in [1.165, 1.54) is 0 Å². The lowest BCUT2D eigenvalue weighted by atomic mass is 10.3. The molecule has 2 aromatic rings. The van der Waals surface area contributed by atoms with Crippen molar-refractivity contribution in [2.75, 3.05) is 7.11 Å². The molecule has 4 heteroatoms. The largest absolute Gasteiger partial charge is 0.497 e. The molecule has 80 valence electrons. The molecule has 0 spiro atoms. The van der Waals surface area contributed by atoms with Crippen LogP contribution in [0.2, 0.25) is 0 Å². The zero-order chi connectivity index (χ0) is 11.4. The van der Waals surface area contributed by atoms with Gasteiger partial charge in [0.2, 0.25) is 0 Å². The minimum absolute atomic E-state index is 0.416. The smallest absolute Gasteiger partial charge is 0.120 e. The topological polar surface area (TPSA) is 45.9 Å². The van der Waals surface area contributed by atoms with Gasteiger partial charge in [0, 0.05) is 0 Å². The first-order chi connectivity index (χ1) is 7.83. The van der Waals surface area contributed by atoms with Crippen LogP contribution in [0.1, 0.15) is 11.4 Å². The lowest BCUT2D eigenvalue weighted by Gasteiger charge is -1.96. The highest BCUT2D eigenvalue weighted by atomic mass is 32.1. The van der Waals surface area contributed by atoms with Crippen LogP contribution in [-0.4, -0.2) is 12.1 Å². The molecule has 0 saturated heterocycles. The summed E-state index contributed by atoms with van der Waals surface area (Å²) >= 11 is 1.59. The molecule has 1 aromatic heterocycles. The van der Waals surface area contributed by atoms with Crippen molar-refractivity contribution >= 4 is 27.6 Å². The highest BCUT2D eigenvalue weighted by Gasteiger charge is 2.02. The van der Waals surface area contributed by atoms with Crippen LogP contribution in [0.15, 0.2) is 24.3 Å². The summed E-state index contributed by atoms with van der Waals surface area (Å²) in [6, 6.07) is 7.86. The standard InChI is InChI=1S/C12H10N2OS/c1-15-9-5-6-10-11(8-9)16-12(14-10)4-2-3-7-13/h2,4-6,8H,3H2,1H3. The van der Waals surface area contributed by atoms with Crippen molar-refractivity contribution in [1.29, 1.82) is 5.26 Å². The second-order valence-corrected chi connectivity index (χ2v) is 4.21. The predicted octanol–water partition coefficient (Wildman–Crippen LogP) is 3.23. The summed E-state index contributed by atoms with van der Waals surface area (Å²) in [5, 5.41) is 9.33. The minimum atomic E-state index is 0.416. The van der Waals surface area contributed by atoms with Gasteiger partial charge in [-0.15, -0.1) is 11.3 Å². The van der Waals surface area contributed by atoms with Crippen molar-refractivity contribution < 1.29 is 4.74 Å².